The van der Waals surface area contributed by atoms with Crippen molar-refractivity contribution < 1.29 is 9.53 Å². The van der Waals surface area contributed by atoms with Gasteiger partial charge in [0.25, 0.3) is 0 Å². The number of carbonyl (C=O) groups excluding carboxylic acids is 1. The maximum absolute atomic E-state index is 12.6. The van der Waals surface area contributed by atoms with Crippen molar-refractivity contribution in [2.75, 3.05) is 13.2 Å². The molecule has 3 rings (SSSR count). The molecule has 142 valence electrons. The third-order valence-electron chi connectivity index (χ3n) is 5.98. The largest absolute Gasteiger partial charge is 0.378 e. The first-order valence-corrected chi connectivity index (χ1v) is 9.40. The molecule has 2 aromatic rings. The highest BCUT2D eigenvalue weighted by molar-refractivity contribution is 5.88. The lowest BCUT2D eigenvalue weighted by Crippen LogP contribution is -2.75. The van der Waals surface area contributed by atoms with Gasteiger partial charge in [-0.25, -0.2) is 4.98 Å². The molecule has 1 amide bonds. The predicted molar refractivity (Wildman–Crippen MR) is 103 cm³/mol. The number of carbonyl (C=O) groups is 1. The molecule has 2 unspecified atom stereocenters. The minimum Gasteiger partial charge on any atom is -0.378 e. The van der Waals surface area contributed by atoms with Crippen LogP contribution in [0.2, 0.25) is 0 Å². The van der Waals surface area contributed by atoms with Crippen molar-refractivity contribution in [3.63, 3.8) is 0 Å². The molecule has 0 spiro atoms. The number of benzene rings is 1. The summed E-state index contributed by atoms with van der Waals surface area (Å²) in [6, 6.07) is 8.10. The van der Waals surface area contributed by atoms with E-state index in [1.165, 1.54) is 0 Å². The van der Waals surface area contributed by atoms with Crippen LogP contribution in [0, 0.1) is 5.41 Å². The van der Waals surface area contributed by atoms with Crippen LogP contribution < -0.4 is 11.1 Å². The second-order valence-corrected chi connectivity index (χ2v) is 7.78. The number of nitrogens with two attached hydrogens (primary N) is 1. The Kier molecular flexibility index (Phi) is 5.08. The number of hydrogen-bond acceptors (Lipinski definition) is 4. The van der Waals surface area contributed by atoms with E-state index < -0.39 is 5.54 Å². The molecule has 1 aliphatic rings. The summed E-state index contributed by atoms with van der Waals surface area (Å²) >= 11 is 0. The van der Waals surface area contributed by atoms with Gasteiger partial charge in [-0.2, -0.15) is 0 Å². The van der Waals surface area contributed by atoms with E-state index in [2.05, 4.69) is 20.9 Å². The van der Waals surface area contributed by atoms with Crippen LogP contribution in [0.5, 0.6) is 0 Å². The fraction of sp³-hybridized carbons (Fsp3) is 0.600. The van der Waals surface area contributed by atoms with Crippen molar-refractivity contribution >= 4 is 16.9 Å². The van der Waals surface area contributed by atoms with Crippen LogP contribution in [0.3, 0.4) is 0 Å². The number of rotatable bonds is 7. The Morgan fingerprint density at radius 3 is 2.81 bits per heavy atom. The normalized spacial score (nSPS) is 24.4. The van der Waals surface area contributed by atoms with E-state index in [4.69, 9.17) is 10.5 Å². The first-order valence-electron chi connectivity index (χ1n) is 9.40. The maximum Gasteiger partial charge on any atom is 0.240 e. The summed E-state index contributed by atoms with van der Waals surface area (Å²) in [5.74, 6) is 0.951. The van der Waals surface area contributed by atoms with Crippen molar-refractivity contribution in [2.24, 2.45) is 18.2 Å². The molecule has 1 heterocycles. The van der Waals surface area contributed by atoms with Crippen LogP contribution in [-0.2, 0) is 23.0 Å². The minimum absolute atomic E-state index is 0.0447. The van der Waals surface area contributed by atoms with Crippen molar-refractivity contribution in [2.45, 2.75) is 51.7 Å². The van der Waals surface area contributed by atoms with E-state index >= 15 is 0 Å². The second-order valence-electron chi connectivity index (χ2n) is 7.78. The van der Waals surface area contributed by atoms with Gasteiger partial charge in [-0.3, -0.25) is 4.79 Å². The van der Waals surface area contributed by atoms with Gasteiger partial charge in [0.1, 0.15) is 11.4 Å². The quantitative estimate of drug-likeness (QED) is 0.743. The summed E-state index contributed by atoms with van der Waals surface area (Å²) in [5.41, 5.74) is 7.33. The van der Waals surface area contributed by atoms with Crippen molar-refractivity contribution in [1.82, 2.24) is 14.9 Å². The number of para-hydroxylation sites is 2. The topological polar surface area (TPSA) is 82.2 Å². The highest BCUT2D eigenvalue weighted by Crippen LogP contribution is 2.49. The van der Waals surface area contributed by atoms with Crippen LogP contribution in [0.15, 0.2) is 24.3 Å². The third kappa shape index (κ3) is 3.01. The molecule has 2 atom stereocenters. The zero-order valence-corrected chi connectivity index (χ0v) is 16.2. The maximum atomic E-state index is 12.6. The van der Waals surface area contributed by atoms with Gasteiger partial charge in [0.15, 0.2) is 0 Å². The molecule has 26 heavy (non-hydrogen) atoms. The van der Waals surface area contributed by atoms with Crippen LogP contribution in [-0.4, -0.2) is 40.3 Å². The summed E-state index contributed by atoms with van der Waals surface area (Å²) in [6.07, 6.45) is 2.26. The van der Waals surface area contributed by atoms with Gasteiger partial charge in [-0.1, -0.05) is 26.0 Å². The number of ether oxygens (including phenoxy) is 1. The summed E-state index contributed by atoms with van der Waals surface area (Å²) in [4.78, 5) is 17.3. The Balaban J connectivity index is 1.52. The highest BCUT2D eigenvalue weighted by Gasteiger charge is 2.62. The van der Waals surface area contributed by atoms with Gasteiger partial charge in [0.2, 0.25) is 5.91 Å². The Morgan fingerprint density at radius 1 is 1.42 bits per heavy atom. The molecular weight excluding hydrogens is 328 g/mol. The van der Waals surface area contributed by atoms with E-state index in [1.807, 2.05) is 46.0 Å². The molecule has 1 aliphatic carbocycles. The number of nitrogens with one attached hydrogen (secondary N) is 1. The van der Waals surface area contributed by atoms with Crippen molar-refractivity contribution in [1.29, 1.82) is 0 Å². The van der Waals surface area contributed by atoms with E-state index in [9.17, 15) is 4.79 Å². The molecule has 6 heteroatoms. The lowest BCUT2D eigenvalue weighted by molar-refractivity contribution is -0.170. The Bertz CT molecular complexity index is 798. The van der Waals surface area contributed by atoms with E-state index in [1.54, 1.807) is 0 Å². The zero-order chi connectivity index (χ0) is 18.9. The Labute approximate surface area is 155 Å². The van der Waals surface area contributed by atoms with Crippen LogP contribution in [0.25, 0.3) is 11.0 Å². The number of hydrogen-bond donors (Lipinski definition) is 2. The molecule has 0 aliphatic heterocycles. The summed E-state index contributed by atoms with van der Waals surface area (Å²) in [7, 11) is 2.03. The van der Waals surface area contributed by atoms with Gasteiger partial charge in [0, 0.05) is 38.5 Å². The molecule has 1 saturated carbocycles. The number of aryl methyl sites for hydroxylation is 2. The number of nitrogens with zero attached hydrogens (tertiary/aromatic N) is 2. The number of amides is 1. The van der Waals surface area contributed by atoms with Gasteiger partial charge in [0.05, 0.1) is 17.1 Å². The monoisotopic (exact) mass is 358 g/mol. The van der Waals surface area contributed by atoms with E-state index in [0.29, 0.717) is 19.6 Å². The first-order chi connectivity index (χ1) is 12.3. The lowest BCUT2D eigenvalue weighted by Gasteiger charge is -2.57. The van der Waals surface area contributed by atoms with Gasteiger partial charge in [-0.15, -0.1) is 0 Å². The van der Waals surface area contributed by atoms with Crippen LogP contribution in [0.1, 0.15) is 39.4 Å². The number of aromatic nitrogens is 2. The molecule has 0 bridgehead atoms. The summed E-state index contributed by atoms with van der Waals surface area (Å²) in [5, 5.41) is 3.01. The fourth-order valence-electron chi connectivity index (χ4n) is 3.85. The SMILES string of the molecule is CCOC1CC(N)(C(=O)NCCCc2nc3ccccc3n2C)C1(C)C. The van der Waals surface area contributed by atoms with Crippen molar-refractivity contribution in [3.8, 4) is 0 Å². The second kappa shape index (κ2) is 7.00. The molecule has 1 fully saturated rings. The highest BCUT2D eigenvalue weighted by atomic mass is 16.5. The zero-order valence-electron chi connectivity index (χ0n) is 16.2. The van der Waals surface area contributed by atoms with Gasteiger partial charge < -0.3 is 20.4 Å². The molecule has 6 nitrogen and oxygen atoms in total. The number of imidazole rings is 1. The standard InChI is InChI=1S/C20H30N4O2/c1-5-26-16-13-20(21,19(16,2)3)18(25)22-12-8-11-17-23-14-9-6-7-10-15(14)24(17)4/h6-7,9-10,16H,5,8,11-13,21H2,1-4H3,(H,22,25). The van der Waals surface area contributed by atoms with E-state index in [0.717, 1.165) is 29.7 Å². The molecular formula is C20H30N4O2. The molecule has 3 N–H and O–H groups in total. The lowest BCUT2D eigenvalue weighted by atomic mass is 9.54. The third-order valence-corrected chi connectivity index (χ3v) is 5.98. The summed E-state index contributed by atoms with van der Waals surface area (Å²) in [6.45, 7) is 7.22. The Hall–Kier alpha value is -1.92. The fourth-order valence-corrected chi connectivity index (χ4v) is 3.85. The first kappa shape index (κ1) is 18.9. The minimum atomic E-state index is -0.856. The van der Waals surface area contributed by atoms with Crippen LogP contribution >= 0.6 is 0 Å². The van der Waals surface area contributed by atoms with Gasteiger partial charge in [-0.05, 0) is 25.5 Å². The average molecular weight is 358 g/mol. The van der Waals surface area contributed by atoms with Crippen molar-refractivity contribution in [3.05, 3.63) is 30.1 Å². The molecule has 1 aromatic carbocycles. The molecule has 0 saturated heterocycles. The summed E-state index contributed by atoms with van der Waals surface area (Å²) < 4.78 is 7.81. The average Bonchev–Trinajstić information content (AvgIpc) is 2.94. The molecule has 1 aromatic heterocycles. The molecule has 0 radical (unpaired) electrons. The van der Waals surface area contributed by atoms with E-state index in [-0.39, 0.29) is 17.4 Å². The number of fused-ring (bicyclic) bond motifs is 1. The smallest absolute Gasteiger partial charge is 0.240 e. The predicted octanol–water partition coefficient (Wildman–Crippen LogP) is 2.15. The Morgan fingerprint density at radius 2 is 2.15 bits per heavy atom. The van der Waals surface area contributed by atoms with Gasteiger partial charge >= 0.3 is 0 Å². The van der Waals surface area contributed by atoms with Crippen LogP contribution in [0.4, 0.5) is 0 Å².